The van der Waals surface area contributed by atoms with E-state index in [9.17, 15) is 9.18 Å². The quantitative estimate of drug-likeness (QED) is 0.916. The number of hydrogen-bond acceptors (Lipinski definition) is 2. The minimum absolute atomic E-state index is 0.0323. The van der Waals surface area contributed by atoms with Gasteiger partial charge in [0.05, 0.1) is 15.2 Å². The second-order valence-electron chi connectivity index (χ2n) is 3.54. The summed E-state index contributed by atoms with van der Waals surface area (Å²) >= 11 is 9.03. The van der Waals surface area contributed by atoms with E-state index in [2.05, 4.69) is 21.0 Å². The van der Waals surface area contributed by atoms with E-state index in [4.69, 9.17) is 16.7 Å². The average molecular weight is 334 g/mol. The number of halogens is 3. The molecule has 0 saturated heterocycles. The Morgan fingerprint density at radius 2 is 2.22 bits per heavy atom. The number of aromatic nitrogens is 2. The molecule has 2 aromatic rings. The summed E-state index contributed by atoms with van der Waals surface area (Å²) in [6.45, 7) is 1.62. The van der Waals surface area contributed by atoms with Crippen LogP contribution in [0.5, 0.6) is 0 Å². The maximum atomic E-state index is 13.8. The number of benzene rings is 1. The standard InChI is InChI=1S/C11H7BrClFN2O2/c1-5-8(12)9(11(17)18)15-16(5)10-6(13)3-2-4-7(10)14/h2-4H,1H3,(H,17,18). The molecule has 0 aliphatic carbocycles. The second kappa shape index (κ2) is 4.70. The third kappa shape index (κ3) is 2.02. The van der Waals surface area contributed by atoms with Crippen molar-refractivity contribution in [3.05, 3.63) is 44.9 Å². The molecule has 1 aromatic carbocycles. The molecule has 0 atom stereocenters. The van der Waals surface area contributed by atoms with E-state index in [0.717, 1.165) is 0 Å². The first-order valence-corrected chi connectivity index (χ1v) is 6.03. The summed E-state index contributed by atoms with van der Waals surface area (Å²) in [7, 11) is 0. The number of hydrogen-bond donors (Lipinski definition) is 1. The van der Waals surface area contributed by atoms with Crippen LogP contribution in [-0.4, -0.2) is 20.9 Å². The van der Waals surface area contributed by atoms with Crippen molar-refractivity contribution in [2.24, 2.45) is 0 Å². The molecule has 0 aliphatic heterocycles. The molecule has 4 nitrogen and oxygen atoms in total. The molecule has 0 radical (unpaired) electrons. The van der Waals surface area contributed by atoms with Crippen LogP contribution in [-0.2, 0) is 0 Å². The van der Waals surface area contributed by atoms with Gasteiger partial charge in [0.2, 0.25) is 0 Å². The number of carboxylic acids is 1. The van der Waals surface area contributed by atoms with E-state index < -0.39 is 11.8 Å². The maximum absolute atomic E-state index is 13.8. The lowest BCUT2D eigenvalue weighted by Gasteiger charge is -2.07. The van der Waals surface area contributed by atoms with Crippen LogP contribution in [0.4, 0.5) is 4.39 Å². The molecule has 0 spiro atoms. The molecule has 0 amide bonds. The Kier molecular flexibility index (Phi) is 3.41. The van der Waals surface area contributed by atoms with Gasteiger partial charge in [0.25, 0.3) is 0 Å². The molecule has 0 bridgehead atoms. The Morgan fingerprint density at radius 1 is 1.56 bits per heavy atom. The zero-order chi connectivity index (χ0) is 13.4. The van der Waals surface area contributed by atoms with Gasteiger partial charge in [-0.05, 0) is 35.0 Å². The lowest BCUT2D eigenvalue weighted by atomic mass is 10.3. The van der Waals surface area contributed by atoms with E-state index >= 15 is 0 Å². The summed E-state index contributed by atoms with van der Waals surface area (Å²) in [6.07, 6.45) is 0. The minimum atomic E-state index is -1.20. The first-order chi connectivity index (χ1) is 8.43. The van der Waals surface area contributed by atoms with Gasteiger partial charge in [0, 0.05) is 0 Å². The third-order valence-electron chi connectivity index (χ3n) is 2.40. The van der Waals surface area contributed by atoms with E-state index in [1.54, 1.807) is 6.92 Å². The number of carboxylic acid groups (broad SMARTS) is 1. The normalized spacial score (nSPS) is 10.7. The topological polar surface area (TPSA) is 55.1 Å². The van der Waals surface area contributed by atoms with Crippen LogP contribution in [0.25, 0.3) is 5.69 Å². The fourth-order valence-electron chi connectivity index (χ4n) is 1.53. The van der Waals surface area contributed by atoms with Crippen LogP contribution in [0.3, 0.4) is 0 Å². The van der Waals surface area contributed by atoms with Crippen LogP contribution in [0.1, 0.15) is 16.2 Å². The molecule has 0 aliphatic rings. The number of para-hydroxylation sites is 1. The van der Waals surface area contributed by atoms with Crippen LogP contribution in [0.2, 0.25) is 5.02 Å². The predicted molar refractivity (Wildman–Crippen MR) is 67.9 cm³/mol. The van der Waals surface area contributed by atoms with Gasteiger partial charge in [-0.3, -0.25) is 0 Å². The SMILES string of the molecule is Cc1c(Br)c(C(=O)O)nn1-c1c(F)cccc1Cl. The highest BCUT2D eigenvalue weighted by Gasteiger charge is 2.21. The maximum Gasteiger partial charge on any atom is 0.357 e. The van der Waals surface area contributed by atoms with Crippen molar-refractivity contribution in [3.8, 4) is 5.69 Å². The van der Waals surface area contributed by atoms with Gasteiger partial charge in [0.15, 0.2) is 5.69 Å². The zero-order valence-corrected chi connectivity index (χ0v) is 11.5. The van der Waals surface area contributed by atoms with Crippen molar-refractivity contribution in [3.63, 3.8) is 0 Å². The average Bonchev–Trinajstić information content (AvgIpc) is 2.57. The third-order valence-corrected chi connectivity index (χ3v) is 3.65. The van der Waals surface area contributed by atoms with Crippen molar-refractivity contribution in [1.29, 1.82) is 0 Å². The van der Waals surface area contributed by atoms with Crippen LogP contribution in [0, 0.1) is 12.7 Å². The lowest BCUT2D eigenvalue weighted by molar-refractivity contribution is 0.0689. The molecule has 1 aromatic heterocycles. The van der Waals surface area contributed by atoms with Crippen molar-refractivity contribution in [2.75, 3.05) is 0 Å². The number of carbonyl (C=O) groups is 1. The molecular weight excluding hydrogens is 326 g/mol. The number of nitrogens with zero attached hydrogens (tertiary/aromatic N) is 2. The van der Waals surface area contributed by atoms with Gasteiger partial charge in [-0.15, -0.1) is 0 Å². The largest absolute Gasteiger partial charge is 0.476 e. The summed E-state index contributed by atoms with van der Waals surface area (Å²) in [5.41, 5.74) is 0.302. The smallest absolute Gasteiger partial charge is 0.357 e. The monoisotopic (exact) mass is 332 g/mol. The Morgan fingerprint density at radius 3 is 2.72 bits per heavy atom. The van der Waals surface area contributed by atoms with Gasteiger partial charge in [0.1, 0.15) is 11.5 Å². The predicted octanol–water partition coefficient (Wildman–Crippen LogP) is 3.43. The number of aromatic carboxylic acids is 1. The van der Waals surface area contributed by atoms with E-state index in [1.165, 1.54) is 22.9 Å². The Labute approximate surface area is 115 Å². The Balaban J connectivity index is 2.73. The fraction of sp³-hybridized carbons (Fsp3) is 0.0909. The first kappa shape index (κ1) is 13.0. The highest BCUT2D eigenvalue weighted by molar-refractivity contribution is 9.10. The summed E-state index contributed by atoms with van der Waals surface area (Å²) in [5.74, 6) is -1.77. The molecule has 0 unspecified atom stereocenters. The molecule has 0 fully saturated rings. The van der Waals surface area contributed by atoms with E-state index in [1.807, 2.05) is 0 Å². The molecule has 94 valence electrons. The molecule has 1 heterocycles. The Bertz CT molecular complexity index is 622. The van der Waals surface area contributed by atoms with Gasteiger partial charge in [-0.25, -0.2) is 13.9 Å². The van der Waals surface area contributed by atoms with Crippen molar-refractivity contribution < 1.29 is 14.3 Å². The van der Waals surface area contributed by atoms with Crippen LogP contribution >= 0.6 is 27.5 Å². The van der Waals surface area contributed by atoms with Gasteiger partial charge in [-0.1, -0.05) is 17.7 Å². The highest BCUT2D eigenvalue weighted by atomic mass is 79.9. The summed E-state index contributed by atoms with van der Waals surface area (Å²) in [6, 6.07) is 4.21. The fourth-order valence-corrected chi connectivity index (χ4v) is 2.19. The minimum Gasteiger partial charge on any atom is -0.476 e. The number of rotatable bonds is 2. The molecule has 1 N–H and O–H groups in total. The van der Waals surface area contributed by atoms with Crippen molar-refractivity contribution in [2.45, 2.75) is 6.92 Å². The van der Waals surface area contributed by atoms with E-state index in [-0.39, 0.29) is 16.4 Å². The van der Waals surface area contributed by atoms with E-state index in [0.29, 0.717) is 10.2 Å². The Hall–Kier alpha value is -1.40. The van der Waals surface area contributed by atoms with Gasteiger partial charge < -0.3 is 5.11 Å². The van der Waals surface area contributed by atoms with Gasteiger partial charge >= 0.3 is 5.97 Å². The lowest BCUT2D eigenvalue weighted by Crippen LogP contribution is -2.05. The van der Waals surface area contributed by atoms with Gasteiger partial charge in [-0.2, -0.15) is 5.10 Å². The second-order valence-corrected chi connectivity index (χ2v) is 4.74. The molecule has 18 heavy (non-hydrogen) atoms. The molecule has 2 rings (SSSR count). The van der Waals surface area contributed by atoms with Crippen molar-refractivity contribution in [1.82, 2.24) is 9.78 Å². The van der Waals surface area contributed by atoms with Crippen LogP contribution in [0.15, 0.2) is 22.7 Å². The molecule has 7 heteroatoms. The first-order valence-electron chi connectivity index (χ1n) is 4.86. The summed E-state index contributed by atoms with van der Waals surface area (Å²) in [5, 5.41) is 13.0. The van der Waals surface area contributed by atoms with Crippen molar-refractivity contribution >= 4 is 33.5 Å². The molecular formula is C11H7BrClFN2O2. The highest BCUT2D eigenvalue weighted by Crippen LogP contribution is 2.28. The molecule has 0 saturated carbocycles. The van der Waals surface area contributed by atoms with Crippen LogP contribution < -0.4 is 0 Å². The zero-order valence-electron chi connectivity index (χ0n) is 9.12. The summed E-state index contributed by atoms with van der Waals surface area (Å²) in [4.78, 5) is 11.0. The summed E-state index contributed by atoms with van der Waals surface area (Å²) < 4.78 is 15.2.